The fourth-order valence-corrected chi connectivity index (χ4v) is 3.02. The standard InChI is InChI=1S/C22H24ClN7O3/c1-22(2,12-13-24-21(31)27-16-6-4-3-5-7-16)29-19-18(30(32)33)14-25-20(28-19)26-17-10-8-15(23)9-11-17/h3-11,14H,12-13H2,1-2H3,(H2,24,27,31)(H2,25,26,28,29). The summed E-state index contributed by atoms with van der Waals surface area (Å²) in [5.74, 6) is 0.270. The first kappa shape index (κ1) is 23.7. The van der Waals surface area contributed by atoms with Crippen molar-refractivity contribution in [1.29, 1.82) is 0 Å². The van der Waals surface area contributed by atoms with Gasteiger partial charge in [-0.1, -0.05) is 29.8 Å². The van der Waals surface area contributed by atoms with Crippen molar-refractivity contribution in [3.63, 3.8) is 0 Å². The second-order valence-electron chi connectivity index (χ2n) is 7.82. The normalized spacial score (nSPS) is 10.9. The van der Waals surface area contributed by atoms with Crippen LogP contribution in [0.5, 0.6) is 0 Å². The van der Waals surface area contributed by atoms with Gasteiger partial charge in [0, 0.05) is 28.5 Å². The summed E-state index contributed by atoms with van der Waals surface area (Å²) in [5, 5.41) is 23.7. The number of aromatic nitrogens is 2. The molecule has 10 nitrogen and oxygen atoms in total. The number of nitrogens with one attached hydrogen (secondary N) is 4. The molecule has 0 aliphatic carbocycles. The molecule has 0 unspecified atom stereocenters. The van der Waals surface area contributed by atoms with Gasteiger partial charge in [0.15, 0.2) is 0 Å². The minimum absolute atomic E-state index is 0.0743. The molecule has 172 valence electrons. The highest BCUT2D eigenvalue weighted by Gasteiger charge is 2.25. The second kappa shape index (κ2) is 10.6. The summed E-state index contributed by atoms with van der Waals surface area (Å²) in [7, 11) is 0. The average molecular weight is 470 g/mol. The monoisotopic (exact) mass is 469 g/mol. The van der Waals surface area contributed by atoms with E-state index in [1.807, 2.05) is 32.0 Å². The molecule has 0 radical (unpaired) electrons. The quantitative estimate of drug-likeness (QED) is 0.250. The third kappa shape index (κ3) is 7.32. The molecule has 2 aromatic carbocycles. The van der Waals surface area contributed by atoms with Crippen LogP contribution in [0, 0.1) is 10.1 Å². The zero-order valence-electron chi connectivity index (χ0n) is 18.1. The van der Waals surface area contributed by atoms with Crippen molar-refractivity contribution in [2.24, 2.45) is 0 Å². The number of halogens is 1. The molecule has 3 aromatic rings. The number of urea groups is 1. The van der Waals surface area contributed by atoms with Gasteiger partial charge in [0.1, 0.15) is 6.20 Å². The fourth-order valence-electron chi connectivity index (χ4n) is 2.89. The third-order valence-electron chi connectivity index (χ3n) is 4.59. The molecular formula is C22H24ClN7O3. The van der Waals surface area contributed by atoms with Gasteiger partial charge in [-0.3, -0.25) is 10.1 Å². The Morgan fingerprint density at radius 2 is 1.79 bits per heavy atom. The van der Waals surface area contributed by atoms with Crippen LogP contribution in [0.25, 0.3) is 0 Å². The average Bonchev–Trinajstić information content (AvgIpc) is 2.75. The number of amides is 2. The Morgan fingerprint density at radius 1 is 1.09 bits per heavy atom. The summed E-state index contributed by atoms with van der Waals surface area (Å²) in [6, 6.07) is 15.7. The molecule has 33 heavy (non-hydrogen) atoms. The van der Waals surface area contributed by atoms with Crippen molar-refractivity contribution in [3.8, 4) is 0 Å². The molecule has 0 bridgehead atoms. The molecule has 0 atom stereocenters. The molecule has 0 fully saturated rings. The molecule has 0 saturated heterocycles. The van der Waals surface area contributed by atoms with E-state index < -0.39 is 10.5 Å². The summed E-state index contributed by atoms with van der Waals surface area (Å²) in [4.78, 5) is 31.3. The van der Waals surface area contributed by atoms with E-state index in [1.165, 1.54) is 0 Å². The van der Waals surface area contributed by atoms with Gasteiger partial charge in [-0.15, -0.1) is 0 Å². The molecule has 1 aromatic heterocycles. The van der Waals surface area contributed by atoms with Crippen LogP contribution < -0.4 is 21.3 Å². The van der Waals surface area contributed by atoms with E-state index in [0.29, 0.717) is 29.4 Å². The Hall–Kier alpha value is -3.92. The van der Waals surface area contributed by atoms with Crippen LogP contribution in [0.2, 0.25) is 5.02 Å². The predicted molar refractivity (Wildman–Crippen MR) is 129 cm³/mol. The van der Waals surface area contributed by atoms with Gasteiger partial charge in [0.2, 0.25) is 11.8 Å². The number of nitrogens with zero attached hydrogens (tertiary/aromatic N) is 3. The van der Waals surface area contributed by atoms with Crippen LogP contribution in [-0.2, 0) is 0 Å². The fraction of sp³-hybridized carbons (Fsp3) is 0.227. The number of carbonyl (C=O) groups excluding carboxylic acids is 1. The van der Waals surface area contributed by atoms with E-state index in [4.69, 9.17) is 11.6 Å². The third-order valence-corrected chi connectivity index (χ3v) is 4.84. The summed E-state index contributed by atoms with van der Waals surface area (Å²) >= 11 is 5.90. The molecule has 4 N–H and O–H groups in total. The van der Waals surface area contributed by atoms with Crippen LogP contribution in [0.3, 0.4) is 0 Å². The van der Waals surface area contributed by atoms with Crippen molar-refractivity contribution < 1.29 is 9.72 Å². The number of anilines is 4. The number of benzene rings is 2. The number of para-hydroxylation sites is 1. The maximum absolute atomic E-state index is 12.1. The Labute approximate surface area is 195 Å². The van der Waals surface area contributed by atoms with Gasteiger partial charge < -0.3 is 21.3 Å². The highest BCUT2D eigenvalue weighted by atomic mass is 35.5. The molecule has 0 spiro atoms. The number of hydrogen-bond acceptors (Lipinski definition) is 7. The SMILES string of the molecule is CC(C)(CCNC(=O)Nc1ccccc1)Nc1nc(Nc2ccc(Cl)cc2)ncc1[N+](=O)[O-]. The first-order valence-electron chi connectivity index (χ1n) is 10.1. The van der Waals surface area contributed by atoms with E-state index in [2.05, 4.69) is 31.2 Å². The van der Waals surface area contributed by atoms with Crippen LogP contribution in [0.4, 0.5) is 33.6 Å². The molecule has 2 amide bonds. The van der Waals surface area contributed by atoms with E-state index in [1.54, 1.807) is 36.4 Å². The Bertz CT molecular complexity index is 1110. The van der Waals surface area contributed by atoms with Gasteiger partial charge in [0.05, 0.1) is 4.92 Å². The highest BCUT2D eigenvalue weighted by molar-refractivity contribution is 6.30. The van der Waals surface area contributed by atoms with E-state index in [0.717, 1.165) is 6.20 Å². The lowest BCUT2D eigenvalue weighted by molar-refractivity contribution is -0.384. The smallest absolute Gasteiger partial charge is 0.329 e. The number of carbonyl (C=O) groups is 1. The maximum atomic E-state index is 12.1. The predicted octanol–water partition coefficient (Wildman–Crippen LogP) is 5.18. The second-order valence-corrected chi connectivity index (χ2v) is 8.26. The molecule has 1 heterocycles. The van der Waals surface area contributed by atoms with Crippen molar-refractivity contribution in [2.45, 2.75) is 25.8 Å². The molecular weight excluding hydrogens is 446 g/mol. The summed E-state index contributed by atoms with van der Waals surface area (Å²) in [6.07, 6.45) is 1.63. The zero-order chi connectivity index (χ0) is 23.8. The Kier molecular flexibility index (Phi) is 7.62. The van der Waals surface area contributed by atoms with E-state index in [9.17, 15) is 14.9 Å². The molecule has 0 aliphatic heterocycles. The minimum Gasteiger partial charge on any atom is -0.359 e. The topological polar surface area (TPSA) is 134 Å². The van der Waals surface area contributed by atoms with Crippen molar-refractivity contribution in [1.82, 2.24) is 15.3 Å². The van der Waals surface area contributed by atoms with Gasteiger partial charge in [-0.05, 0) is 56.7 Å². The molecule has 11 heteroatoms. The minimum atomic E-state index is -0.614. The van der Waals surface area contributed by atoms with Crippen molar-refractivity contribution in [3.05, 3.63) is 75.9 Å². The largest absolute Gasteiger partial charge is 0.359 e. The zero-order valence-corrected chi connectivity index (χ0v) is 18.9. The van der Waals surface area contributed by atoms with Crippen LogP contribution in [-0.4, -0.2) is 33.0 Å². The van der Waals surface area contributed by atoms with Gasteiger partial charge in [-0.25, -0.2) is 9.78 Å². The van der Waals surface area contributed by atoms with Gasteiger partial charge in [-0.2, -0.15) is 4.98 Å². The lowest BCUT2D eigenvalue weighted by atomic mass is 10.0. The maximum Gasteiger partial charge on any atom is 0.329 e. The summed E-state index contributed by atoms with van der Waals surface area (Å²) in [5.41, 5.74) is 0.507. The lowest BCUT2D eigenvalue weighted by Gasteiger charge is -2.27. The Morgan fingerprint density at radius 3 is 2.45 bits per heavy atom. The van der Waals surface area contributed by atoms with Crippen LogP contribution >= 0.6 is 11.6 Å². The first-order valence-corrected chi connectivity index (χ1v) is 10.5. The van der Waals surface area contributed by atoms with Gasteiger partial charge >= 0.3 is 11.7 Å². The summed E-state index contributed by atoms with van der Waals surface area (Å²) < 4.78 is 0. The number of hydrogen-bond donors (Lipinski definition) is 4. The highest BCUT2D eigenvalue weighted by Crippen LogP contribution is 2.27. The van der Waals surface area contributed by atoms with Gasteiger partial charge in [0.25, 0.3) is 0 Å². The van der Waals surface area contributed by atoms with Crippen LogP contribution in [0.1, 0.15) is 20.3 Å². The molecule has 0 saturated carbocycles. The lowest BCUT2D eigenvalue weighted by Crippen LogP contribution is -2.38. The molecule has 0 aliphatic rings. The number of rotatable bonds is 9. The van der Waals surface area contributed by atoms with Crippen molar-refractivity contribution in [2.75, 3.05) is 22.5 Å². The van der Waals surface area contributed by atoms with Crippen molar-refractivity contribution >= 4 is 46.5 Å². The summed E-state index contributed by atoms with van der Waals surface area (Å²) in [6.45, 7) is 4.07. The van der Waals surface area contributed by atoms with Crippen LogP contribution in [0.15, 0.2) is 60.8 Å². The molecule has 3 rings (SSSR count). The van der Waals surface area contributed by atoms with E-state index in [-0.39, 0.29) is 23.5 Å². The van der Waals surface area contributed by atoms with E-state index >= 15 is 0 Å². The number of nitro groups is 1. The first-order chi connectivity index (χ1) is 15.7. The Balaban J connectivity index is 1.63.